The van der Waals surface area contributed by atoms with Crippen LogP contribution in [0, 0.1) is 56.7 Å². The molecule has 0 radical (unpaired) electrons. The molecule has 0 heterocycles. The number of ether oxygens (including phenoxy) is 2. The van der Waals surface area contributed by atoms with E-state index < -0.39 is 17.3 Å². The van der Waals surface area contributed by atoms with E-state index in [0.29, 0.717) is 17.1 Å². The number of hydrogen-bond donors (Lipinski definition) is 1. The highest BCUT2D eigenvalue weighted by atomic mass is 16.5. The Bertz CT molecular complexity index is 915. The highest BCUT2D eigenvalue weighted by Crippen LogP contribution is 2.56. The fourth-order valence-electron chi connectivity index (χ4n) is 4.43. The lowest BCUT2D eigenvalue weighted by Crippen LogP contribution is -2.48. The molecule has 0 bridgehead atoms. The summed E-state index contributed by atoms with van der Waals surface area (Å²) < 4.78 is 10.8. The van der Waals surface area contributed by atoms with Gasteiger partial charge in [0.25, 0.3) is 0 Å². The van der Waals surface area contributed by atoms with Crippen LogP contribution in [0.25, 0.3) is 0 Å². The Balaban J connectivity index is 2.28. The first-order chi connectivity index (χ1) is 13.1. The Hall–Kier alpha value is -3.30. The van der Waals surface area contributed by atoms with Crippen LogP contribution in [0.1, 0.15) is 30.7 Å². The van der Waals surface area contributed by atoms with Crippen molar-refractivity contribution in [3.8, 4) is 29.7 Å². The molecule has 3 atom stereocenters. The van der Waals surface area contributed by atoms with E-state index in [0.717, 1.165) is 24.8 Å². The number of methoxy groups -OCH3 is 2. The molecular weight excluding hydrogens is 340 g/mol. The molecule has 0 spiro atoms. The second kappa shape index (κ2) is 7.14. The summed E-state index contributed by atoms with van der Waals surface area (Å²) in [5, 5.41) is 38.3. The highest BCUT2D eigenvalue weighted by molar-refractivity contribution is 6.00. The van der Waals surface area contributed by atoms with E-state index in [4.69, 9.17) is 14.9 Å². The molecule has 0 amide bonds. The zero-order valence-corrected chi connectivity index (χ0v) is 15.3. The topological polar surface area (TPSA) is 114 Å². The van der Waals surface area contributed by atoms with E-state index in [1.165, 1.54) is 7.11 Å². The summed E-state index contributed by atoms with van der Waals surface area (Å²) in [6, 6.07) is 11.6. The van der Waals surface area contributed by atoms with Crippen LogP contribution >= 0.6 is 0 Å². The van der Waals surface area contributed by atoms with Crippen LogP contribution in [0.2, 0.25) is 0 Å². The van der Waals surface area contributed by atoms with Gasteiger partial charge in [-0.05, 0) is 36.8 Å². The van der Waals surface area contributed by atoms with E-state index in [2.05, 4.69) is 18.2 Å². The Morgan fingerprint density at radius 2 is 1.89 bits per heavy atom. The predicted octanol–water partition coefficient (Wildman–Crippen LogP) is 3.72. The first-order valence-corrected chi connectivity index (χ1v) is 8.80. The number of benzene rings is 1. The smallest absolute Gasteiger partial charge is 0.189 e. The van der Waals surface area contributed by atoms with Gasteiger partial charge in [0.2, 0.25) is 0 Å². The van der Waals surface area contributed by atoms with Crippen molar-refractivity contribution in [1.82, 2.24) is 0 Å². The number of nitrogens with one attached hydrogen (secondary N) is 1. The van der Waals surface area contributed by atoms with Gasteiger partial charge in [-0.1, -0.05) is 12.1 Å². The molecule has 2 aliphatic rings. The molecule has 0 aliphatic heterocycles. The standard InChI is InChI=1S/C21H20N4O2/c1-26-13-7-8-16(18(9-13)27-2)19-15-6-4-3-5-14(15)17(10-22)20(25)21(19,11-23)12-24/h5,7-9,15,17,19,25H,3-4,6H2,1-2H3/t15-,17-,19-/m0/s1. The van der Waals surface area contributed by atoms with Gasteiger partial charge in [-0.15, -0.1) is 0 Å². The normalized spacial score (nSPS) is 25.8. The molecule has 6 nitrogen and oxygen atoms in total. The summed E-state index contributed by atoms with van der Waals surface area (Å²) >= 11 is 0. The van der Waals surface area contributed by atoms with Crippen LogP contribution in [-0.2, 0) is 0 Å². The highest BCUT2D eigenvalue weighted by Gasteiger charge is 2.57. The largest absolute Gasteiger partial charge is 0.497 e. The molecule has 6 heteroatoms. The van der Waals surface area contributed by atoms with Crippen molar-refractivity contribution in [3.63, 3.8) is 0 Å². The van der Waals surface area contributed by atoms with Crippen molar-refractivity contribution in [2.75, 3.05) is 14.2 Å². The number of fused-ring (bicyclic) bond motifs is 1. The third-order valence-corrected chi connectivity index (χ3v) is 5.70. The Morgan fingerprint density at radius 1 is 1.15 bits per heavy atom. The second-order valence-electron chi connectivity index (χ2n) is 6.83. The van der Waals surface area contributed by atoms with Gasteiger partial charge in [-0.25, -0.2) is 0 Å². The summed E-state index contributed by atoms with van der Waals surface area (Å²) in [7, 11) is 3.08. The summed E-state index contributed by atoms with van der Waals surface area (Å²) in [4.78, 5) is 0. The number of nitrogens with zero attached hydrogens (tertiary/aromatic N) is 3. The fraction of sp³-hybridized carbons (Fsp3) is 0.429. The van der Waals surface area contributed by atoms with E-state index in [1.54, 1.807) is 25.3 Å². The van der Waals surface area contributed by atoms with E-state index in [-0.39, 0.29) is 11.6 Å². The number of rotatable bonds is 3. The molecule has 27 heavy (non-hydrogen) atoms. The minimum atomic E-state index is -1.71. The minimum Gasteiger partial charge on any atom is -0.497 e. The van der Waals surface area contributed by atoms with Gasteiger partial charge in [0.1, 0.15) is 17.4 Å². The number of allylic oxidation sites excluding steroid dienone is 2. The average Bonchev–Trinajstić information content (AvgIpc) is 2.72. The van der Waals surface area contributed by atoms with Gasteiger partial charge < -0.3 is 14.9 Å². The lowest BCUT2D eigenvalue weighted by atomic mass is 9.53. The number of hydrogen-bond acceptors (Lipinski definition) is 6. The third-order valence-electron chi connectivity index (χ3n) is 5.70. The SMILES string of the molecule is COc1ccc([C@@H]2[C@H]3CCCC=C3[C@H](C#N)C(=N)C2(C#N)C#N)c(OC)c1. The summed E-state index contributed by atoms with van der Waals surface area (Å²) in [6.07, 6.45) is 4.54. The van der Waals surface area contributed by atoms with Crippen molar-refractivity contribution >= 4 is 5.71 Å². The van der Waals surface area contributed by atoms with Gasteiger partial charge >= 0.3 is 0 Å². The predicted molar refractivity (Wildman–Crippen MR) is 98.2 cm³/mol. The molecule has 136 valence electrons. The minimum absolute atomic E-state index is 0.137. The van der Waals surface area contributed by atoms with Crippen molar-refractivity contribution in [2.24, 2.45) is 17.3 Å². The lowest BCUT2D eigenvalue weighted by molar-refractivity contribution is 0.307. The second-order valence-corrected chi connectivity index (χ2v) is 6.83. The van der Waals surface area contributed by atoms with Crippen LogP contribution in [0.5, 0.6) is 11.5 Å². The van der Waals surface area contributed by atoms with Crippen LogP contribution in [0.15, 0.2) is 29.8 Å². The summed E-state index contributed by atoms with van der Waals surface area (Å²) in [5.74, 6) is -0.427. The molecule has 0 unspecified atom stereocenters. The van der Waals surface area contributed by atoms with Crippen molar-refractivity contribution < 1.29 is 9.47 Å². The summed E-state index contributed by atoms with van der Waals surface area (Å²) in [5.41, 5.74) is -0.290. The van der Waals surface area contributed by atoms with Crippen molar-refractivity contribution in [2.45, 2.75) is 25.2 Å². The molecule has 0 aromatic heterocycles. The van der Waals surface area contributed by atoms with E-state index in [1.807, 2.05) is 6.08 Å². The maximum atomic E-state index is 10.0. The Labute approximate surface area is 158 Å². The van der Waals surface area contributed by atoms with Crippen LogP contribution in [-0.4, -0.2) is 19.9 Å². The van der Waals surface area contributed by atoms with Crippen LogP contribution in [0.3, 0.4) is 0 Å². The van der Waals surface area contributed by atoms with Gasteiger partial charge in [-0.2, -0.15) is 15.8 Å². The van der Waals surface area contributed by atoms with Crippen LogP contribution < -0.4 is 9.47 Å². The molecule has 1 N–H and O–H groups in total. The van der Waals surface area contributed by atoms with E-state index in [9.17, 15) is 15.8 Å². The fourth-order valence-corrected chi connectivity index (χ4v) is 4.43. The zero-order valence-electron chi connectivity index (χ0n) is 15.3. The van der Waals surface area contributed by atoms with Gasteiger partial charge in [0.15, 0.2) is 5.41 Å². The zero-order chi connectivity index (χ0) is 19.6. The quantitative estimate of drug-likeness (QED) is 0.825. The average molecular weight is 360 g/mol. The lowest BCUT2D eigenvalue weighted by Gasteiger charge is -2.46. The van der Waals surface area contributed by atoms with Gasteiger partial charge in [0.05, 0.1) is 38.1 Å². The molecule has 1 aromatic carbocycles. The van der Waals surface area contributed by atoms with Gasteiger partial charge in [0, 0.05) is 17.5 Å². The molecule has 1 saturated carbocycles. The maximum Gasteiger partial charge on any atom is 0.189 e. The van der Waals surface area contributed by atoms with Crippen LogP contribution in [0.4, 0.5) is 0 Å². The first kappa shape index (κ1) is 18.5. The Kier molecular flexibility index (Phi) is 4.89. The maximum absolute atomic E-state index is 10.0. The molecule has 1 aromatic rings. The van der Waals surface area contributed by atoms with Crippen molar-refractivity contribution in [3.05, 3.63) is 35.4 Å². The first-order valence-electron chi connectivity index (χ1n) is 8.80. The summed E-state index contributed by atoms with van der Waals surface area (Å²) in [6.45, 7) is 0. The third kappa shape index (κ3) is 2.64. The Morgan fingerprint density at radius 3 is 2.48 bits per heavy atom. The van der Waals surface area contributed by atoms with E-state index >= 15 is 0 Å². The monoisotopic (exact) mass is 360 g/mol. The number of nitriles is 3. The molecule has 0 saturated heterocycles. The molecular formula is C21H20N4O2. The molecule has 1 fully saturated rings. The van der Waals surface area contributed by atoms with Crippen molar-refractivity contribution in [1.29, 1.82) is 21.2 Å². The molecule has 2 aliphatic carbocycles. The molecule has 3 rings (SSSR count). The van der Waals surface area contributed by atoms with Gasteiger partial charge in [-0.3, -0.25) is 0 Å².